The molecule has 2 aliphatic rings. The lowest BCUT2D eigenvalue weighted by Gasteiger charge is -2.17. The van der Waals surface area contributed by atoms with Gasteiger partial charge >= 0.3 is 0 Å². The summed E-state index contributed by atoms with van der Waals surface area (Å²) < 4.78 is 5.52. The van der Waals surface area contributed by atoms with Crippen LogP contribution in [0.1, 0.15) is 41.4 Å². The van der Waals surface area contributed by atoms with E-state index < -0.39 is 0 Å². The first-order valence-electron chi connectivity index (χ1n) is 11.4. The Bertz CT molecular complexity index is 1310. The average molecular weight is 476 g/mol. The molecule has 0 bridgehead atoms. The van der Waals surface area contributed by atoms with Gasteiger partial charge in [0.15, 0.2) is 5.75 Å². The van der Waals surface area contributed by atoms with Gasteiger partial charge in [0.2, 0.25) is 0 Å². The van der Waals surface area contributed by atoms with E-state index in [1.807, 2.05) is 18.2 Å². The molecule has 1 amide bonds. The summed E-state index contributed by atoms with van der Waals surface area (Å²) >= 11 is 6.35. The fourth-order valence-corrected chi connectivity index (χ4v) is 4.82. The van der Waals surface area contributed by atoms with Gasteiger partial charge in [0.1, 0.15) is 0 Å². The zero-order chi connectivity index (χ0) is 23.7. The van der Waals surface area contributed by atoms with Crippen LogP contribution in [0.15, 0.2) is 36.7 Å². The van der Waals surface area contributed by atoms with Crippen LogP contribution in [0.4, 0.5) is 11.4 Å². The third-order valence-electron chi connectivity index (χ3n) is 6.24. The summed E-state index contributed by atoms with van der Waals surface area (Å²) in [7, 11) is 1.57. The summed E-state index contributed by atoms with van der Waals surface area (Å²) in [6, 6.07) is 8.04. The number of aromatic nitrogens is 2. The van der Waals surface area contributed by atoms with Crippen LogP contribution in [0.3, 0.4) is 0 Å². The number of nitrogens with zero attached hydrogens (tertiary/aromatic N) is 1. The van der Waals surface area contributed by atoms with Crippen molar-refractivity contribution in [3.8, 4) is 28.8 Å². The van der Waals surface area contributed by atoms with Crippen LogP contribution in [0, 0.1) is 11.8 Å². The molecule has 4 N–H and O–H groups in total. The van der Waals surface area contributed by atoms with E-state index >= 15 is 0 Å². The number of nitrogens with one attached hydrogen (secondary N) is 4. The Morgan fingerprint density at radius 1 is 1.26 bits per heavy atom. The summed E-state index contributed by atoms with van der Waals surface area (Å²) in [6.07, 6.45) is 6.36. The van der Waals surface area contributed by atoms with E-state index in [0.717, 1.165) is 35.4 Å². The third-order valence-corrected chi connectivity index (χ3v) is 6.54. The molecule has 1 saturated heterocycles. The number of carbonyl (C=O) groups excluding carboxylic acids is 1. The second-order valence-electron chi connectivity index (χ2n) is 8.57. The second kappa shape index (κ2) is 9.41. The van der Waals surface area contributed by atoms with E-state index in [1.165, 1.54) is 0 Å². The Morgan fingerprint density at radius 3 is 2.94 bits per heavy atom. The van der Waals surface area contributed by atoms with E-state index in [-0.39, 0.29) is 11.9 Å². The number of para-hydroxylation sites is 1. The molecule has 34 heavy (non-hydrogen) atoms. The topological polar surface area (TPSA) is 91.1 Å². The van der Waals surface area contributed by atoms with Crippen molar-refractivity contribution in [1.82, 2.24) is 20.6 Å². The highest BCUT2D eigenvalue weighted by Gasteiger charge is 2.28. The molecule has 0 saturated carbocycles. The largest absolute Gasteiger partial charge is 0.493 e. The number of anilines is 2. The van der Waals surface area contributed by atoms with Gasteiger partial charge in [-0.15, -0.1) is 0 Å². The first-order chi connectivity index (χ1) is 16.5. The van der Waals surface area contributed by atoms with Crippen molar-refractivity contribution in [2.45, 2.75) is 38.3 Å². The zero-order valence-corrected chi connectivity index (χ0v) is 19.8. The molecule has 0 spiro atoms. The van der Waals surface area contributed by atoms with Gasteiger partial charge in [0.05, 0.1) is 46.4 Å². The molecule has 5 rings (SSSR count). The van der Waals surface area contributed by atoms with Gasteiger partial charge in [0, 0.05) is 42.7 Å². The molecular weight excluding hydrogens is 450 g/mol. The molecular formula is C26H26ClN5O2. The van der Waals surface area contributed by atoms with Crippen LogP contribution < -0.4 is 20.7 Å². The van der Waals surface area contributed by atoms with E-state index in [0.29, 0.717) is 46.7 Å². The van der Waals surface area contributed by atoms with Crippen molar-refractivity contribution in [1.29, 1.82) is 0 Å². The molecule has 174 valence electrons. The van der Waals surface area contributed by atoms with Crippen molar-refractivity contribution in [2.24, 2.45) is 0 Å². The van der Waals surface area contributed by atoms with Gasteiger partial charge in [-0.3, -0.25) is 9.78 Å². The zero-order valence-electron chi connectivity index (χ0n) is 19.1. The minimum atomic E-state index is -0.127. The van der Waals surface area contributed by atoms with Gasteiger partial charge in [0.25, 0.3) is 5.91 Å². The van der Waals surface area contributed by atoms with Crippen molar-refractivity contribution in [3.05, 3.63) is 58.5 Å². The number of benzene rings is 1. The summed E-state index contributed by atoms with van der Waals surface area (Å²) in [5.74, 6) is 7.06. The number of carbonyl (C=O) groups is 1. The van der Waals surface area contributed by atoms with Gasteiger partial charge in [-0.05, 0) is 38.0 Å². The monoisotopic (exact) mass is 475 g/mol. The number of halogens is 1. The molecule has 3 aromatic rings. The molecule has 2 atom stereocenters. The Labute approximate surface area is 203 Å². The second-order valence-corrected chi connectivity index (χ2v) is 8.98. The van der Waals surface area contributed by atoms with E-state index in [2.05, 4.69) is 44.7 Å². The summed E-state index contributed by atoms with van der Waals surface area (Å²) in [5.41, 5.74) is 5.25. The van der Waals surface area contributed by atoms with Crippen molar-refractivity contribution < 1.29 is 9.53 Å². The van der Waals surface area contributed by atoms with E-state index in [1.54, 1.807) is 25.6 Å². The van der Waals surface area contributed by atoms with Crippen LogP contribution in [0.2, 0.25) is 5.02 Å². The maximum Gasteiger partial charge on any atom is 0.255 e. The number of fused-ring (bicyclic) bond motifs is 1. The lowest BCUT2D eigenvalue weighted by molar-refractivity contribution is 0.0947. The van der Waals surface area contributed by atoms with Crippen molar-refractivity contribution >= 4 is 28.9 Å². The number of hydrogen-bond donors (Lipinski definition) is 4. The fraction of sp³-hybridized carbons (Fsp3) is 0.308. The number of H-pyrrole nitrogens is 1. The minimum absolute atomic E-state index is 0.127. The van der Waals surface area contributed by atoms with Crippen LogP contribution in [0.5, 0.6) is 5.75 Å². The van der Waals surface area contributed by atoms with Gasteiger partial charge < -0.3 is 25.7 Å². The first-order valence-corrected chi connectivity index (χ1v) is 11.8. The predicted molar refractivity (Wildman–Crippen MR) is 134 cm³/mol. The molecule has 2 aromatic heterocycles. The Morgan fingerprint density at radius 2 is 2.15 bits per heavy atom. The lowest BCUT2D eigenvalue weighted by Crippen LogP contribution is -2.31. The minimum Gasteiger partial charge on any atom is -0.493 e. The maximum absolute atomic E-state index is 12.9. The molecule has 0 aliphatic carbocycles. The van der Waals surface area contributed by atoms with Crippen molar-refractivity contribution in [2.75, 3.05) is 19.0 Å². The molecule has 7 nitrogen and oxygen atoms in total. The van der Waals surface area contributed by atoms with E-state index in [9.17, 15) is 4.79 Å². The van der Waals surface area contributed by atoms with E-state index in [4.69, 9.17) is 16.3 Å². The summed E-state index contributed by atoms with van der Waals surface area (Å²) in [6.45, 7) is 2.76. The number of ether oxygens (including phenoxy) is 1. The fourth-order valence-electron chi connectivity index (χ4n) is 4.57. The number of methoxy groups -OCH3 is 1. The summed E-state index contributed by atoms with van der Waals surface area (Å²) in [4.78, 5) is 20.7. The first kappa shape index (κ1) is 22.3. The Hall–Kier alpha value is -3.47. The average Bonchev–Trinajstić information content (AvgIpc) is 3.42. The maximum atomic E-state index is 12.9. The highest BCUT2D eigenvalue weighted by Crippen LogP contribution is 2.41. The van der Waals surface area contributed by atoms with Crippen molar-refractivity contribution in [3.63, 3.8) is 0 Å². The standard InChI is InChI=1S/C26H26ClN5O2/c1-15-6-8-17(30-15)9-7-16-14-28-12-10-18(16)23-24(22-20(31-23)11-13-29-26(22)33)32-21-5-3-4-19(27)25(21)34-2/h3-5,10,12,14-15,17,30-32H,6,8,11,13H2,1-2H3,(H,29,33)/t15-,17-/m1/s1. The number of amides is 1. The normalized spacial score (nSPS) is 19.1. The number of pyridine rings is 1. The number of aromatic amines is 1. The van der Waals surface area contributed by atoms with Gasteiger partial charge in [-0.2, -0.15) is 0 Å². The van der Waals surface area contributed by atoms with Gasteiger partial charge in [-0.1, -0.05) is 29.5 Å². The van der Waals surface area contributed by atoms with Gasteiger partial charge in [-0.25, -0.2) is 0 Å². The number of rotatable bonds is 4. The molecule has 2 aliphatic heterocycles. The SMILES string of the molecule is COc1c(Cl)cccc1Nc1c(-c2ccncc2C#C[C@H]2CC[C@@H](C)N2)[nH]c2c1C(=O)NCC2. The molecule has 0 radical (unpaired) electrons. The van der Waals surface area contributed by atoms with Crippen LogP contribution >= 0.6 is 11.6 Å². The molecule has 0 unspecified atom stereocenters. The Balaban J connectivity index is 1.62. The summed E-state index contributed by atoms with van der Waals surface area (Å²) in [5, 5.41) is 10.3. The molecule has 1 aromatic carbocycles. The molecule has 1 fully saturated rings. The smallest absolute Gasteiger partial charge is 0.255 e. The molecule has 8 heteroatoms. The highest BCUT2D eigenvalue weighted by molar-refractivity contribution is 6.32. The highest BCUT2D eigenvalue weighted by atomic mass is 35.5. The lowest BCUT2D eigenvalue weighted by atomic mass is 10.0. The Kier molecular flexibility index (Phi) is 6.18. The number of hydrogen-bond acceptors (Lipinski definition) is 5. The van der Waals surface area contributed by atoms with Crippen LogP contribution in [0.25, 0.3) is 11.3 Å². The quantitative estimate of drug-likeness (QED) is 0.423. The van der Waals surface area contributed by atoms with Crippen LogP contribution in [-0.2, 0) is 6.42 Å². The predicted octanol–water partition coefficient (Wildman–Crippen LogP) is 4.26. The molecule has 4 heterocycles. The van der Waals surface area contributed by atoms with Crippen LogP contribution in [-0.4, -0.2) is 41.6 Å². The third kappa shape index (κ3) is 4.23.